The topological polar surface area (TPSA) is 45.2 Å². The number of piperazine rings is 1. The van der Waals surface area contributed by atoms with Crippen molar-refractivity contribution in [3.63, 3.8) is 0 Å². The van der Waals surface area contributed by atoms with Crippen LogP contribution in [0.3, 0.4) is 0 Å². The van der Waals surface area contributed by atoms with Crippen LogP contribution in [0.1, 0.15) is 12.6 Å². The molecule has 1 fully saturated rings. The normalized spacial score (nSPS) is 21.2. The molecule has 0 amide bonds. The maximum Gasteiger partial charge on any atom is 0.188 e. The van der Waals surface area contributed by atoms with E-state index in [9.17, 15) is 0 Å². The molecular weight excluding hydrogens is 270 g/mol. The van der Waals surface area contributed by atoms with Crippen LogP contribution in [-0.2, 0) is 6.54 Å². The summed E-state index contributed by atoms with van der Waals surface area (Å²) in [6.45, 7) is 6.55. The SMILES string of the molecule is C[C@@H]1CN(C)CCN1Cc1csc(-c2ncccn2)n1. The molecule has 106 valence electrons. The molecule has 1 saturated heterocycles. The second-order valence-electron chi connectivity index (χ2n) is 5.30. The van der Waals surface area contributed by atoms with Gasteiger partial charge < -0.3 is 4.90 Å². The molecule has 5 nitrogen and oxygen atoms in total. The van der Waals surface area contributed by atoms with Crippen LogP contribution in [0.15, 0.2) is 23.8 Å². The molecule has 0 aromatic carbocycles. The van der Waals surface area contributed by atoms with E-state index in [0.29, 0.717) is 6.04 Å². The van der Waals surface area contributed by atoms with Crippen LogP contribution >= 0.6 is 11.3 Å². The van der Waals surface area contributed by atoms with Gasteiger partial charge in [-0.05, 0) is 20.0 Å². The Labute approximate surface area is 123 Å². The summed E-state index contributed by atoms with van der Waals surface area (Å²) in [4.78, 5) is 18.0. The summed E-state index contributed by atoms with van der Waals surface area (Å²) < 4.78 is 0. The molecule has 0 bridgehead atoms. The molecule has 6 heteroatoms. The number of hydrogen-bond acceptors (Lipinski definition) is 6. The highest BCUT2D eigenvalue weighted by Crippen LogP contribution is 2.21. The van der Waals surface area contributed by atoms with Crippen LogP contribution in [0.25, 0.3) is 10.8 Å². The summed E-state index contributed by atoms with van der Waals surface area (Å²) in [5.41, 5.74) is 1.12. The molecule has 1 atom stereocenters. The average molecular weight is 289 g/mol. The van der Waals surface area contributed by atoms with E-state index in [0.717, 1.165) is 42.7 Å². The second-order valence-corrected chi connectivity index (χ2v) is 6.16. The van der Waals surface area contributed by atoms with Gasteiger partial charge in [-0.15, -0.1) is 11.3 Å². The predicted octanol–water partition coefficient (Wildman–Crippen LogP) is 1.74. The summed E-state index contributed by atoms with van der Waals surface area (Å²) in [6, 6.07) is 2.40. The highest BCUT2D eigenvalue weighted by molar-refractivity contribution is 7.13. The first-order chi connectivity index (χ1) is 9.72. The highest BCUT2D eigenvalue weighted by Gasteiger charge is 2.22. The lowest BCUT2D eigenvalue weighted by Gasteiger charge is -2.37. The molecule has 2 aromatic heterocycles. The minimum atomic E-state index is 0.576. The van der Waals surface area contributed by atoms with Crippen molar-refractivity contribution in [2.75, 3.05) is 26.7 Å². The molecule has 1 aliphatic heterocycles. The Balaban J connectivity index is 1.69. The van der Waals surface area contributed by atoms with Gasteiger partial charge in [-0.25, -0.2) is 15.0 Å². The van der Waals surface area contributed by atoms with Crippen LogP contribution in [-0.4, -0.2) is 57.5 Å². The number of thiazole rings is 1. The largest absolute Gasteiger partial charge is 0.304 e. The molecular formula is C14H19N5S. The van der Waals surface area contributed by atoms with E-state index in [-0.39, 0.29) is 0 Å². The third kappa shape index (κ3) is 3.03. The van der Waals surface area contributed by atoms with E-state index in [1.165, 1.54) is 0 Å². The van der Waals surface area contributed by atoms with Crippen LogP contribution in [0, 0.1) is 0 Å². The molecule has 0 unspecified atom stereocenters. The maximum atomic E-state index is 4.67. The molecule has 0 N–H and O–H groups in total. The van der Waals surface area contributed by atoms with Gasteiger partial charge in [0.15, 0.2) is 10.8 Å². The first-order valence-electron chi connectivity index (χ1n) is 6.87. The average Bonchev–Trinajstić information content (AvgIpc) is 2.92. The van der Waals surface area contributed by atoms with Crippen molar-refractivity contribution in [1.82, 2.24) is 24.8 Å². The molecule has 3 rings (SSSR count). The van der Waals surface area contributed by atoms with E-state index in [1.54, 1.807) is 23.7 Å². The smallest absolute Gasteiger partial charge is 0.188 e. The Morgan fingerprint density at radius 3 is 2.85 bits per heavy atom. The van der Waals surface area contributed by atoms with Crippen molar-refractivity contribution in [2.45, 2.75) is 19.5 Å². The van der Waals surface area contributed by atoms with Crippen LogP contribution in [0.5, 0.6) is 0 Å². The summed E-state index contributed by atoms with van der Waals surface area (Å²) >= 11 is 1.62. The highest BCUT2D eigenvalue weighted by atomic mass is 32.1. The second kappa shape index (κ2) is 5.95. The van der Waals surface area contributed by atoms with E-state index >= 15 is 0 Å². The molecule has 1 aliphatic rings. The van der Waals surface area contributed by atoms with Crippen molar-refractivity contribution < 1.29 is 0 Å². The fourth-order valence-electron chi connectivity index (χ4n) is 2.51. The summed E-state index contributed by atoms with van der Waals surface area (Å²) in [5.74, 6) is 0.718. The first-order valence-corrected chi connectivity index (χ1v) is 7.75. The number of likely N-dealkylation sites (N-methyl/N-ethyl adjacent to an activating group) is 1. The van der Waals surface area contributed by atoms with E-state index in [4.69, 9.17) is 0 Å². The van der Waals surface area contributed by atoms with Gasteiger partial charge in [-0.2, -0.15) is 0 Å². The molecule has 0 spiro atoms. The Kier molecular flexibility index (Phi) is 4.05. The zero-order chi connectivity index (χ0) is 13.9. The first kappa shape index (κ1) is 13.6. The van der Waals surface area contributed by atoms with E-state index in [1.807, 2.05) is 6.07 Å². The zero-order valence-electron chi connectivity index (χ0n) is 11.9. The van der Waals surface area contributed by atoms with Gasteiger partial charge in [0, 0.05) is 50.0 Å². The molecule has 20 heavy (non-hydrogen) atoms. The third-order valence-electron chi connectivity index (χ3n) is 3.64. The minimum Gasteiger partial charge on any atom is -0.304 e. The summed E-state index contributed by atoms with van der Waals surface area (Å²) in [5, 5.41) is 3.03. The van der Waals surface area contributed by atoms with Crippen LogP contribution in [0.2, 0.25) is 0 Å². The Morgan fingerprint density at radius 1 is 1.30 bits per heavy atom. The maximum absolute atomic E-state index is 4.67. The number of aromatic nitrogens is 3. The van der Waals surface area contributed by atoms with Gasteiger partial charge in [-0.3, -0.25) is 4.90 Å². The van der Waals surface area contributed by atoms with E-state index < -0.39 is 0 Å². The molecule has 3 heterocycles. The van der Waals surface area contributed by atoms with Crippen molar-refractivity contribution in [3.8, 4) is 10.8 Å². The van der Waals surface area contributed by atoms with Gasteiger partial charge in [0.25, 0.3) is 0 Å². The quantitative estimate of drug-likeness (QED) is 0.861. The monoisotopic (exact) mass is 289 g/mol. The number of nitrogens with zero attached hydrogens (tertiary/aromatic N) is 5. The van der Waals surface area contributed by atoms with Gasteiger partial charge >= 0.3 is 0 Å². The van der Waals surface area contributed by atoms with E-state index in [2.05, 4.69) is 44.1 Å². The standard InChI is InChI=1S/C14H19N5S/c1-11-8-18(2)6-7-19(11)9-12-10-20-14(17-12)13-15-4-3-5-16-13/h3-5,10-11H,6-9H2,1-2H3/t11-/m1/s1. The van der Waals surface area contributed by atoms with Gasteiger partial charge in [-0.1, -0.05) is 0 Å². The lowest BCUT2D eigenvalue weighted by molar-refractivity contribution is 0.0929. The molecule has 0 saturated carbocycles. The van der Waals surface area contributed by atoms with Gasteiger partial charge in [0.05, 0.1) is 5.69 Å². The van der Waals surface area contributed by atoms with Crippen LogP contribution in [0.4, 0.5) is 0 Å². The Morgan fingerprint density at radius 2 is 2.10 bits per heavy atom. The van der Waals surface area contributed by atoms with Gasteiger partial charge in [0.2, 0.25) is 0 Å². The molecule has 0 aliphatic carbocycles. The van der Waals surface area contributed by atoms with Crippen LogP contribution < -0.4 is 0 Å². The minimum absolute atomic E-state index is 0.576. The van der Waals surface area contributed by atoms with Crippen molar-refractivity contribution in [3.05, 3.63) is 29.5 Å². The fourth-order valence-corrected chi connectivity index (χ4v) is 3.27. The summed E-state index contributed by atoms with van der Waals surface area (Å²) in [7, 11) is 2.18. The summed E-state index contributed by atoms with van der Waals surface area (Å²) in [6.07, 6.45) is 3.51. The molecule has 2 aromatic rings. The number of hydrogen-bond donors (Lipinski definition) is 0. The van der Waals surface area contributed by atoms with Crippen molar-refractivity contribution in [1.29, 1.82) is 0 Å². The fraction of sp³-hybridized carbons (Fsp3) is 0.500. The number of rotatable bonds is 3. The van der Waals surface area contributed by atoms with Crippen molar-refractivity contribution >= 4 is 11.3 Å². The van der Waals surface area contributed by atoms with Gasteiger partial charge in [0.1, 0.15) is 0 Å². The predicted molar refractivity (Wildman–Crippen MR) is 80.5 cm³/mol. The zero-order valence-corrected chi connectivity index (χ0v) is 12.7. The molecule has 0 radical (unpaired) electrons. The lowest BCUT2D eigenvalue weighted by atomic mass is 10.2. The Bertz CT molecular complexity index is 556. The third-order valence-corrected chi connectivity index (χ3v) is 4.53. The lowest BCUT2D eigenvalue weighted by Crippen LogP contribution is -2.49. The Hall–Kier alpha value is -1.37. The van der Waals surface area contributed by atoms with Crippen molar-refractivity contribution in [2.24, 2.45) is 0 Å².